The van der Waals surface area contributed by atoms with Gasteiger partial charge in [-0.15, -0.1) is 0 Å². The minimum atomic E-state index is 0.907. The lowest BCUT2D eigenvalue weighted by Crippen LogP contribution is -2.23. The predicted octanol–water partition coefficient (Wildman–Crippen LogP) is 1.82. The molecule has 13 heavy (non-hydrogen) atoms. The van der Waals surface area contributed by atoms with E-state index in [1.165, 1.54) is 5.56 Å². The van der Waals surface area contributed by atoms with E-state index in [-0.39, 0.29) is 0 Å². The van der Waals surface area contributed by atoms with Crippen LogP contribution in [0.3, 0.4) is 0 Å². The van der Waals surface area contributed by atoms with E-state index in [0.29, 0.717) is 0 Å². The third-order valence-corrected chi connectivity index (χ3v) is 1.98. The summed E-state index contributed by atoms with van der Waals surface area (Å²) in [4.78, 5) is 6.27. The number of hydrogen-bond acceptors (Lipinski definition) is 1. The number of nitrogens with zero attached hydrogens (tertiary/aromatic N) is 2. The van der Waals surface area contributed by atoms with Crippen molar-refractivity contribution in [3.05, 3.63) is 35.9 Å². The van der Waals surface area contributed by atoms with Crippen LogP contribution in [0.5, 0.6) is 0 Å². The van der Waals surface area contributed by atoms with Gasteiger partial charge in [0, 0.05) is 27.6 Å². The maximum Gasteiger partial charge on any atom is 0.102 e. The zero-order chi connectivity index (χ0) is 9.68. The van der Waals surface area contributed by atoms with E-state index in [2.05, 4.69) is 29.3 Å². The van der Waals surface area contributed by atoms with Gasteiger partial charge in [0.15, 0.2) is 0 Å². The van der Waals surface area contributed by atoms with Gasteiger partial charge in [0.2, 0.25) is 0 Å². The highest BCUT2D eigenvalue weighted by Crippen LogP contribution is 2.01. The number of benzene rings is 1. The van der Waals surface area contributed by atoms with Crippen molar-refractivity contribution < 1.29 is 0 Å². The third kappa shape index (κ3) is 2.90. The third-order valence-electron chi connectivity index (χ3n) is 1.98. The highest BCUT2D eigenvalue weighted by molar-refractivity contribution is 5.83. The number of rotatable bonds is 2. The fourth-order valence-corrected chi connectivity index (χ4v) is 1.22. The Morgan fingerprint density at radius 2 is 1.85 bits per heavy atom. The Bertz CT molecular complexity index is 275. The molecule has 0 spiro atoms. The van der Waals surface area contributed by atoms with E-state index in [1.54, 1.807) is 0 Å². The van der Waals surface area contributed by atoms with Gasteiger partial charge in [0.05, 0.1) is 0 Å². The van der Waals surface area contributed by atoms with E-state index in [9.17, 15) is 0 Å². The first-order valence-corrected chi connectivity index (χ1v) is 4.41. The van der Waals surface area contributed by atoms with Crippen molar-refractivity contribution in [1.29, 1.82) is 0 Å². The van der Waals surface area contributed by atoms with Crippen molar-refractivity contribution in [2.45, 2.75) is 6.42 Å². The molecule has 0 amide bonds. The van der Waals surface area contributed by atoms with Gasteiger partial charge >= 0.3 is 0 Å². The van der Waals surface area contributed by atoms with E-state index in [0.717, 1.165) is 12.3 Å². The predicted molar refractivity (Wildman–Crippen MR) is 57.2 cm³/mol. The average molecular weight is 176 g/mol. The zero-order valence-corrected chi connectivity index (χ0v) is 8.49. The molecule has 0 aliphatic carbocycles. The SMILES string of the molecule is CN=C(Cc1ccccc1)N(C)C. The largest absolute Gasteiger partial charge is 0.366 e. The van der Waals surface area contributed by atoms with Crippen molar-refractivity contribution in [3.8, 4) is 0 Å². The van der Waals surface area contributed by atoms with Crippen LogP contribution in [-0.2, 0) is 6.42 Å². The monoisotopic (exact) mass is 176 g/mol. The molecule has 0 heterocycles. The minimum absolute atomic E-state index is 0.907. The van der Waals surface area contributed by atoms with Crippen molar-refractivity contribution >= 4 is 5.84 Å². The van der Waals surface area contributed by atoms with Gasteiger partial charge in [-0.3, -0.25) is 4.99 Å². The van der Waals surface area contributed by atoms with Gasteiger partial charge in [0.25, 0.3) is 0 Å². The Morgan fingerprint density at radius 3 is 2.31 bits per heavy atom. The summed E-state index contributed by atoms with van der Waals surface area (Å²) in [6, 6.07) is 10.4. The van der Waals surface area contributed by atoms with Gasteiger partial charge in [-0.25, -0.2) is 0 Å². The molecule has 1 aromatic rings. The van der Waals surface area contributed by atoms with E-state index in [1.807, 2.05) is 32.1 Å². The second-order valence-electron chi connectivity index (χ2n) is 3.20. The molecule has 2 heteroatoms. The lowest BCUT2D eigenvalue weighted by atomic mass is 10.1. The minimum Gasteiger partial charge on any atom is -0.366 e. The molecule has 2 nitrogen and oxygen atoms in total. The lowest BCUT2D eigenvalue weighted by molar-refractivity contribution is 0.608. The Kier molecular flexibility index (Phi) is 3.50. The van der Waals surface area contributed by atoms with E-state index >= 15 is 0 Å². The molecule has 0 saturated carbocycles. The molecule has 0 aliphatic heterocycles. The topological polar surface area (TPSA) is 15.6 Å². The van der Waals surface area contributed by atoms with E-state index < -0.39 is 0 Å². The molecule has 0 atom stereocenters. The molecule has 0 aliphatic rings. The van der Waals surface area contributed by atoms with Crippen LogP contribution in [0.25, 0.3) is 0 Å². The second-order valence-corrected chi connectivity index (χ2v) is 3.20. The molecule has 0 aromatic heterocycles. The first kappa shape index (κ1) is 9.78. The average Bonchev–Trinajstić information content (AvgIpc) is 2.15. The summed E-state index contributed by atoms with van der Waals surface area (Å²) < 4.78 is 0. The summed E-state index contributed by atoms with van der Waals surface area (Å²) >= 11 is 0. The van der Waals surface area contributed by atoms with Crippen LogP contribution < -0.4 is 0 Å². The van der Waals surface area contributed by atoms with Crippen LogP contribution in [-0.4, -0.2) is 31.9 Å². The Morgan fingerprint density at radius 1 is 1.23 bits per heavy atom. The van der Waals surface area contributed by atoms with Crippen molar-refractivity contribution in [1.82, 2.24) is 4.90 Å². The first-order chi connectivity index (χ1) is 6.24. The van der Waals surface area contributed by atoms with Crippen LogP contribution in [0.4, 0.5) is 0 Å². The summed E-state index contributed by atoms with van der Waals surface area (Å²) in [5.41, 5.74) is 1.30. The quantitative estimate of drug-likeness (QED) is 0.495. The van der Waals surface area contributed by atoms with Crippen molar-refractivity contribution in [2.24, 2.45) is 4.99 Å². The summed E-state index contributed by atoms with van der Waals surface area (Å²) in [5, 5.41) is 0. The molecule has 70 valence electrons. The Hall–Kier alpha value is -1.31. The van der Waals surface area contributed by atoms with Gasteiger partial charge in [-0.1, -0.05) is 30.3 Å². The summed E-state index contributed by atoms with van der Waals surface area (Å²) in [6.45, 7) is 0. The normalized spacial score (nSPS) is 11.5. The smallest absolute Gasteiger partial charge is 0.102 e. The molecule has 0 unspecified atom stereocenters. The Labute approximate surface area is 79.9 Å². The molecular formula is C11H16N2. The fourth-order valence-electron chi connectivity index (χ4n) is 1.22. The summed E-state index contributed by atoms with van der Waals surface area (Å²) in [5.74, 6) is 1.10. The van der Waals surface area contributed by atoms with Gasteiger partial charge < -0.3 is 4.90 Å². The molecule has 0 fully saturated rings. The molecule has 0 saturated heterocycles. The number of aliphatic imine (C=N–C) groups is 1. The molecule has 0 bridgehead atoms. The molecule has 1 aromatic carbocycles. The van der Waals surface area contributed by atoms with Crippen LogP contribution in [0.15, 0.2) is 35.3 Å². The maximum atomic E-state index is 4.23. The van der Waals surface area contributed by atoms with Gasteiger partial charge in [-0.05, 0) is 5.56 Å². The van der Waals surface area contributed by atoms with Crippen LogP contribution in [0.1, 0.15) is 5.56 Å². The highest BCUT2D eigenvalue weighted by atomic mass is 15.1. The molecule has 1 rings (SSSR count). The molecule has 0 radical (unpaired) electrons. The standard InChI is InChI=1S/C11H16N2/c1-12-11(13(2)3)9-10-7-5-4-6-8-10/h4-8H,9H2,1-3H3. The van der Waals surface area contributed by atoms with Gasteiger partial charge in [-0.2, -0.15) is 0 Å². The van der Waals surface area contributed by atoms with Crippen LogP contribution in [0.2, 0.25) is 0 Å². The highest BCUT2D eigenvalue weighted by Gasteiger charge is 2.01. The van der Waals surface area contributed by atoms with Crippen LogP contribution >= 0.6 is 0 Å². The number of likely N-dealkylation sites (N-methyl/N-ethyl adjacent to an activating group) is 1. The fraction of sp³-hybridized carbons (Fsp3) is 0.364. The molecular weight excluding hydrogens is 160 g/mol. The van der Waals surface area contributed by atoms with E-state index in [4.69, 9.17) is 0 Å². The number of hydrogen-bond donors (Lipinski definition) is 0. The van der Waals surface area contributed by atoms with Crippen LogP contribution in [0, 0.1) is 0 Å². The molecule has 0 N–H and O–H groups in total. The van der Waals surface area contributed by atoms with Crippen molar-refractivity contribution in [2.75, 3.05) is 21.1 Å². The first-order valence-electron chi connectivity index (χ1n) is 4.41. The van der Waals surface area contributed by atoms with Gasteiger partial charge in [0.1, 0.15) is 5.84 Å². The maximum absolute atomic E-state index is 4.23. The summed E-state index contributed by atoms with van der Waals surface area (Å²) in [6.07, 6.45) is 0.907. The van der Waals surface area contributed by atoms with Crippen molar-refractivity contribution in [3.63, 3.8) is 0 Å². The second kappa shape index (κ2) is 4.65. The number of amidine groups is 1. The Balaban J connectivity index is 2.69. The summed E-state index contributed by atoms with van der Waals surface area (Å²) in [7, 11) is 5.87. The lowest BCUT2D eigenvalue weighted by Gasteiger charge is -2.14. The zero-order valence-electron chi connectivity index (χ0n) is 8.49.